The molecule has 1 saturated heterocycles. The van der Waals surface area contributed by atoms with Gasteiger partial charge in [-0.25, -0.2) is 5.01 Å². The highest BCUT2D eigenvalue weighted by Gasteiger charge is 2.38. The Morgan fingerprint density at radius 2 is 1.79 bits per heavy atom. The highest BCUT2D eigenvalue weighted by atomic mass is 16.7. The molecular formula is C30H36N4O5. The molecule has 1 atom stereocenters. The lowest BCUT2D eigenvalue weighted by atomic mass is 9.96. The number of hydrogen-bond acceptors (Lipinski definition) is 7. The van der Waals surface area contributed by atoms with Crippen molar-refractivity contribution < 1.29 is 23.8 Å². The Balaban J connectivity index is 1.25. The summed E-state index contributed by atoms with van der Waals surface area (Å²) in [6.45, 7) is 8.75. The van der Waals surface area contributed by atoms with E-state index in [0.29, 0.717) is 37.7 Å². The fourth-order valence-corrected chi connectivity index (χ4v) is 5.39. The molecule has 2 fully saturated rings. The number of carbonyl (C=O) groups excluding carboxylic acids is 2. The third-order valence-corrected chi connectivity index (χ3v) is 8.14. The maximum Gasteiger partial charge on any atom is 0.262 e. The van der Waals surface area contributed by atoms with Crippen LogP contribution in [0.2, 0.25) is 0 Å². The monoisotopic (exact) mass is 532 g/mol. The second-order valence-corrected chi connectivity index (χ2v) is 10.9. The van der Waals surface area contributed by atoms with E-state index in [0.717, 1.165) is 49.3 Å². The molecule has 2 aromatic rings. The molecule has 0 radical (unpaired) electrons. The van der Waals surface area contributed by atoms with Gasteiger partial charge in [-0.1, -0.05) is 18.2 Å². The van der Waals surface area contributed by atoms with Crippen molar-refractivity contribution in [3.63, 3.8) is 0 Å². The molecule has 2 amide bonds. The summed E-state index contributed by atoms with van der Waals surface area (Å²) in [6.07, 6.45) is 2.39. The lowest BCUT2D eigenvalue weighted by Gasteiger charge is -2.31. The standard InChI is InChI=1S/C30H36N4O5/c1-20-3-4-23(15-21(20)2)25-17-26(24-7-8-27-28(16-24)39-19-38-27)34(31-25)29(35)18-33(30(36)22-5-6-22)10-9-32-11-13-37-14-12-32/h3-4,7-8,15-16,22,26H,5-6,9-14,17-19H2,1-2H3/t26-/m0/s1. The van der Waals surface area contributed by atoms with Crippen LogP contribution in [0.3, 0.4) is 0 Å². The van der Waals surface area contributed by atoms with Crippen LogP contribution in [0.1, 0.15) is 47.6 Å². The van der Waals surface area contributed by atoms with Gasteiger partial charge in [0.15, 0.2) is 11.5 Å². The normalized spacial score (nSPS) is 20.7. The summed E-state index contributed by atoms with van der Waals surface area (Å²) in [7, 11) is 0. The average Bonchev–Trinajstić information content (AvgIpc) is 3.53. The minimum Gasteiger partial charge on any atom is -0.454 e. The van der Waals surface area contributed by atoms with Crippen LogP contribution in [-0.4, -0.2) is 85.1 Å². The van der Waals surface area contributed by atoms with Gasteiger partial charge in [0.2, 0.25) is 12.7 Å². The van der Waals surface area contributed by atoms with Gasteiger partial charge in [0.1, 0.15) is 6.54 Å². The summed E-state index contributed by atoms with van der Waals surface area (Å²) in [5.74, 6) is 1.33. The zero-order chi connectivity index (χ0) is 26.9. The van der Waals surface area contributed by atoms with Gasteiger partial charge in [0, 0.05) is 38.5 Å². The predicted molar refractivity (Wildman–Crippen MR) is 146 cm³/mol. The van der Waals surface area contributed by atoms with E-state index in [-0.39, 0.29) is 37.1 Å². The van der Waals surface area contributed by atoms with Crippen molar-refractivity contribution in [3.05, 3.63) is 58.7 Å². The number of amides is 2. The summed E-state index contributed by atoms with van der Waals surface area (Å²) in [5, 5.41) is 6.45. The van der Waals surface area contributed by atoms with Gasteiger partial charge in [-0.3, -0.25) is 14.5 Å². The maximum absolute atomic E-state index is 13.9. The molecule has 206 valence electrons. The molecule has 0 aromatic heterocycles. The van der Waals surface area contributed by atoms with Gasteiger partial charge in [0.25, 0.3) is 5.91 Å². The zero-order valence-corrected chi connectivity index (χ0v) is 22.7. The van der Waals surface area contributed by atoms with Gasteiger partial charge in [0.05, 0.1) is 25.0 Å². The topological polar surface area (TPSA) is 83.9 Å². The van der Waals surface area contributed by atoms with E-state index >= 15 is 0 Å². The van der Waals surface area contributed by atoms with Crippen LogP contribution in [0.4, 0.5) is 0 Å². The number of hydrazone groups is 1. The minimum absolute atomic E-state index is 0.0183. The first kappa shape index (κ1) is 25.8. The Kier molecular flexibility index (Phi) is 7.27. The first-order valence-corrected chi connectivity index (χ1v) is 13.9. The molecule has 0 bridgehead atoms. The molecule has 6 rings (SSSR count). The molecule has 0 N–H and O–H groups in total. The first-order chi connectivity index (χ1) is 19.0. The molecule has 1 saturated carbocycles. The quantitative estimate of drug-likeness (QED) is 0.519. The van der Waals surface area contributed by atoms with Crippen molar-refractivity contribution in [2.24, 2.45) is 11.0 Å². The van der Waals surface area contributed by atoms with Crippen LogP contribution >= 0.6 is 0 Å². The number of nitrogens with zero attached hydrogens (tertiary/aromatic N) is 4. The lowest BCUT2D eigenvalue weighted by Crippen LogP contribution is -2.47. The Bertz CT molecular complexity index is 1280. The van der Waals surface area contributed by atoms with Crippen LogP contribution in [0.25, 0.3) is 0 Å². The maximum atomic E-state index is 13.9. The van der Waals surface area contributed by atoms with Crippen molar-refractivity contribution in [1.29, 1.82) is 0 Å². The fourth-order valence-electron chi connectivity index (χ4n) is 5.39. The van der Waals surface area contributed by atoms with E-state index < -0.39 is 0 Å². The number of carbonyl (C=O) groups is 2. The molecule has 3 aliphatic heterocycles. The number of aryl methyl sites for hydroxylation is 2. The Morgan fingerprint density at radius 3 is 2.56 bits per heavy atom. The molecule has 39 heavy (non-hydrogen) atoms. The fraction of sp³-hybridized carbons (Fsp3) is 0.500. The lowest BCUT2D eigenvalue weighted by molar-refractivity contribution is -0.142. The Morgan fingerprint density at radius 1 is 1.00 bits per heavy atom. The Hall–Kier alpha value is -3.43. The number of morpholine rings is 1. The summed E-state index contributed by atoms with van der Waals surface area (Å²) in [4.78, 5) is 31.2. The van der Waals surface area contributed by atoms with Gasteiger partial charge >= 0.3 is 0 Å². The van der Waals surface area contributed by atoms with Gasteiger partial charge in [-0.15, -0.1) is 0 Å². The van der Waals surface area contributed by atoms with E-state index in [4.69, 9.17) is 19.3 Å². The van der Waals surface area contributed by atoms with Gasteiger partial charge in [-0.2, -0.15) is 5.10 Å². The zero-order valence-electron chi connectivity index (χ0n) is 22.7. The van der Waals surface area contributed by atoms with Crippen LogP contribution in [-0.2, 0) is 14.3 Å². The molecule has 9 nitrogen and oxygen atoms in total. The van der Waals surface area contributed by atoms with Gasteiger partial charge < -0.3 is 19.1 Å². The molecular weight excluding hydrogens is 496 g/mol. The van der Waals surface area contributed by atoms with E-state index in [2.05, 4.69) is 36.9 Å². The summed E-state index contributed by atoms with van der Waals surface area (Å²) < 4.78 is 16.6. The van der Waals surface area contributed by atoms with Crippen LogP contribution in [0.5, 0.6) is 11.5 Å². The third kappa shape index (κ3) is 5.65. The van der Waals surface area contributed by atoms with Crippen LogP contribution < -0.4 is 9.47 Å². The molecule has 1 aliphatic carbocycles. The van der Waals surface area contributed by atoms with Crippen molar-refractivity contribution in [3.8, 4) is 11.5 Å². The number of rotatable bonds is 8. The molecule has 3 heterocycles. The van der Waals surface area contributed by atoms with Crippen molar-refractivity contribution in [1.82, 2.24) is 14.8 Å². The minimum atomic E-state index is -0.291. The summed E-state index contributed by atoms with van der Waals surface area (Å²) in [5.41, 5.74) is 5.21. The number of ether oxygens (including phenoxy) is 3. The van der Waals surface area contributed by atoms with Crippen LogP contribution in [0, 0.1) is 19.8 Å². The van der Waals surface area contributed by atoms with Crippen LogP contribution in [0.15, 0.2) is 41.5 Å². The second-order valence-electron chi connectivity index (χ2n) is 10.9. The van der Waals surface area contributed by atoms with E-state index in [1.54, 1.807) is 9.91 Å². The van der Waals surface area contributed by atoms with Gasteiger partial charge in [-0.05, 0) is 67.1 Å². The van der Waals surface area contributed by atoms with Crippen molar-refractivity contribution >= 4 is 17.5 Å². The number of fused-ring (bicyclic) bond motifs is 1. The van der Waals surface area contributed by atoms with Crippen molar-refractivity contribution in [2.75, 3.05) is 52.7 Å². The van der Waals surface area contributed by atoms with E-state index in [9.17, 15) is 9.59 Å². The summed E-state index contributed by atoms with van der Waals surface area (Å²) in [6, 6.07) is 11.8. The largest absolute Gasteiger partial charge is 0.454 e. The second kappa shape index (κ2) is 11.0. The SMILES string of the molecule is Cc1ccc(C2=NN(C(=O)CN(CCN3CCOCC3)C(=O)C3CC3)[C@H](c3ccc4c(c3)OCO4)C2)cc1C. The highest BCUT2D eigenvalue weighted by Crippen LogP contribution is 2.39. The smallest absolute Gasteiger partial charge is 0.262 e. The predicted octanol–water partition coefficient (Wildman–Crippen LogP) is 3.28. The third-order valence-electron chi connectivity index (χ3n) is 8.14. The van der Waals surface area contributed by atoms with E-state index in [1.807, 2.05) is 18.2 Å². The molecule has 0 unspecified atom stereocenters. The average molecular weight is 533 g/mol. The molecule has 0 spiro atoms. The van der Waals surface area contributed by atoms with Crippen molar-refractivity contribution in [2.45, 2.75) is 39.2 Å². The molecule has 9 heteroatoms. The summed E-state index contributed by atoms with van der Waals surface area (Å²) >= 11 is 0. The molecule has 2 aromatic carbocycles. The Labute approximate surface area is 229 Å². The number of hydrogen-bond donors (Lipinski definition) is 0. The first-order valence-electron chi connectivity index (χ1n) is 13.9. The highest BCUT2D eigenvalue weighted by molar-refractivity contribution is 6.03. The van der Waals surface area contributed by atoms with E-state index in [1.165, 1.54) is 11.1 Å². The molecule has 4 aliphatic rings. The number of benzene rings is 2.